The van der Waals surface area contributed by atoms with Crippen LogP contribution in [0.4, 0.5) is 23.2 Å². The molecule has 19 heavy (non-hydrogen) atoms. The van der Waals surface area contributed by atoms with Crippen LogP contribution in [-0.2, 0) is 4.79 Å². The van der Waals surface area contributed by atoms with Gasteiger partial charge in [0.2, 0.25) is 0 Å². The van der Waals surface area contributed by atoms with E-state index in [1.165, 1.54) is 17.0 Å². The van der Waals surface area contributed by atoms with Crippen LogP contribution >= 0.6 is 0 Å². The fraction of sp³-hybridized carbons (Fsp3) is 0.417. The summed E-state index contributed by atoms with van der Waals surface area (Å²) in [6, 6.07) is 5.02. The highest BCUT2D eigenvalue weighted by Gasteiger charge is 2.45. The van der Waals surface area contributed by atoms with Gasteiger partial charge in [0, 0.05) is 18.8 Å². The summed E-state index contributed by atoms with van der Waals surface area (Å²) < 4.78 is 50.8. The minimum absolute atomic E-state index is 0.142. The van der Waals surface area contributed by atoms with Gasteiger partial charge < -0.3 is 10.0 Å². The van der Waals surface area contributed by atoms with Crippen molar-refractivity contribution in [3.05, 3.63) is 30.1 Å². The van der Waals surface area contributed by atoms with Crippen LogP contribution in [0.5, 0.6) is 0 Å². The first-order chi connectivity index (χ1) is 8.75. The van der Waals surface area contributed by atoms with E-state index in [2.05, 4.69) is 0 Å². The van der Waals surface area contributed by atoms with Crippen molar-refractivity contribution in [2.75, 3.05) is 18.0 Å². The Morgan fingerprint density at radius 2 is 2.05 bits per heavy atom. The first kappa shape index (κ1) is 15.3. The Kier molecular flexibility index (Phi) is 4.74. The van der Waals surface area contributed by atoms with Gasteiger partial charge in [-0.1, -0.05) is 6.07 Å². The van der Waals surface area contributed by atoms with Crippen LogP contribution in [-0.4, -0.2) is 30.3 Å². The molecule has 0 aliphatic heterocycles. The van der Waals surface area contributed by atoms with Crippen LogP contribution in [0.25, 0.3) is 0 Å². The van der Waals surface area contributed by atoms with E-state index in [4.69, 9.17) is 5.11 Å². The Hall–Kier alpha value is -1.79. The number of carbonyl (C=O) groups is 1. The van der Waals surface area contributed by atoms with E-state index in [1.807, 2.05) is 0 Å². The molecule has 0 bridgehead atoms. The summed E-state index contributed by atoms with van der Waals surface area (Å²) in [5.74, 6) is -5.03. The maximum atomic E-state index is 13.0. The summed E-state index contributed by atoms with van der Waals surface area (Å²) in [6.45, 7) is 0.961. The van der Waals surface area contributed by atoms with Gasteiger partial charge in [0.25, 0.3) is 0 Å². The largest absolute Gasteiger partial charge is 0.481 e. The Bertz CT molecular complexity index is 448. The van der Waals surface area contributed by atoms with Gasteiger partial charge in [-0.15, -0.1) is 0 Å². The van der Waals surface area contributed by atoms with Crippen molar-refractivity contribution in [3.63, 3.8) is 0 Å². The lowest BCUT2D eigenvalue weighted by molar-refractivity contribution is -0.191. The number of carboxylic acids is 1. The highest BCUT2D eigenvalue weighted by molar-refractivity contribution is 5.72. The van der Waals surface area contributed by atoms with Gasteiger partial charge in [-0.2, -0.15) is 13.2 Å². The van der Waals surface area contributed by atoms with Gasteiger partial charge in [-0.25, -0.2) is 4.39 Å². The molecule has 0 aliphatic carbocycles. The molecule has 0 aromatic heterocycles. The average molecular weight is 279 g/mol. The molecule has 1 rings (SSSR count). The van der Waals surface area contributed by atoms with Crippen LogP contribution in [0.3, 0.4) is 0 Å². The van der Waals surface area contributed by atoms with Crippen molar-refractivity contribution in [2.45, 2.75) is 13.1 Å². The van der Waals surface area contributed by atoms with E-state index in [0.29, 0.717) is 0 Å². The molecule has 106 valence electrons. The summed E-state index contributed by atoms with van der Waals surface area (Å²) in [5.41, 5.74) is 0.220. The van der Waals surface area contributed by atoms with E-state index in [-0.39, 0.29) is 12.2 Å². The van der Waals surface area contributed by atoms with Crippen LogP contribution in [0.15, 0.2) is 24.3 Å². The average Bonchev–Trinajstić information content (AvgIpc) is 2.27. The van der Waals surface area contributed by atoms with Gasteiger partial charge in [0.15, 0.2) is 5.92 Å². The molecule has 0 radical (unpaired) electrons. The first-order valence-corrected chi connectivity index (χ1v) is 5.55. The van der Waals surface area contributed by atoms with Gasteiger partial charge in [-0.3, -0.25) is 4.79 Å². The molecule has 0 heterocycles. The molecular formula is C12H13F4NO2. The smallest absolute Gasteiger partial charge is 0.403 e. The van der Waals surface area contributed by atoms with Crippen LogP contribution in [0, 0.1) is 11.7 Å². The van der Waals surface area contributed by atoms with Crippen molar-refractivity contribution in [1.82, 2.24) is 0 Å². The second-order valence-corrected chi connectivity index (χ2v) is 3.95. The second kappa shape index (κ2) is 5.90. The third-order valence-electron chi connectivity index (χ3n) is 2.65. The van der Waals surface area contributed by atoms with E-state index < -0.39 is 30.4 Å². The lowest BCUT2D eigenvalue weighted by Gasteiger charge is -2.27. The van der Waals surface area contributed by atoms with E-state index in [0.717, 1.165) is 12.1 Å². The van der Waals surface area contributed by atoms with Crippen molar-refractivity contribution in [2.24, 2.45) is 5.92 Å². The minimum atomic E-state index is -4.84. The van der Waals surface area contributed by atoms with E-state index in [9.17, 15) is 22.4 Å². The molecule has 3 nitrogen and oxygen atoms in total. The highest BCUT2D eigenvalue weighted by Crippen LogP contribution is 2.29. The predicted octanol–water partition coefficient (Wildman–Crippen LogP) is 2.92. The second-order valence-electron chi connectivity index (χ2n) is 3.95. The van der Waals surface area contributed by atoms with Gasteiger partial charge in [0.05, 0.1) is 0 Å². The molecular weight excluding hydrogens is 266 g/mol. The normalized spacial score (nSPS) is 13.1. The molecule has 0 spiro atoms. The summed E-state index contributed by atoms with van der Waals surface area (Å²) >= 11 is 0. The van der Waals surface area contributed by atoms with Gasteiger partial charge in [-0.05, 0) is 25.1 Å². The zero-order chi connectivity index (χ0) is 14.6. The summed E-state index contributed by atoms with van der Waals surface area (Å²) in [4.78, 5) is 11.9. The molecule has 0 fully saturated rings. The summed E-state index contributed by atoms with van der Waals surface area (Å²) in [7, 11) is 0. The maximum Gasteiger partial charge on any atom is 0.403 e. The molecule has 0 aliphatic rings. The number of anilines is 1. The van der Waals surface area contributed by atoms with Gasteiger partial charge in [0.1, 0.15) is 5.82 Å². The monoisotopic (exact) mass is 279 g/mol. The SMILES string of the molecule is CCN(CC(C(=O)O)C(F)(F)F)c1cccc(F)c1. The molecule has 0 saturated carbocycles. The Morgan fingerprint density at radius 3 is 2.47 bits per heavy atom. The fourth-order valence-corrected chi connectivity index (χ4v) is 1.63. The molecule has 0 amide bonds. The lowest BCUT2D eigenvalue weighted by atomic mass is 10.1. The minimum Gasteiger partial charge on any atom is -0.481 e. The van der Waals surface area contributed by atoms with E-state index >= 15 is 0 Å². The Labute approximate surface area is 107 Å². The Balaban J connectivity index is 2.95. The first-order valence-electron chi connectivity index (χ1n) is 5.55. The zero-order valence-electron chi connectivity index (χ0n) is 10.1. The fourth-order valence-electron chi connectivity index (χ4n) is 1.63. The summed E-state index contributed by atoms with van der Waals surface area (Å²) in [5, 5.41) is 8.63. The maximum absolute atomic E-state index is 13.0. The highest BCUT2D eigenvalue weighted by atomic mass is 19.4. The molecule has 1 N–H and O–H groups in total. The van der Waals surface area contributed by atoms with Crippen molar-refractivity contribution < 1.29 is 27.5 Å². The molecule has 1 aromatic rings. The topological polar surface area (TPSA) is 40.5 Å². The number of hydrogen-bond donors (Lipinski definition) is 1. The number of rotatable bonds is 5. The van der Waals surface area contributed by atoms with Crippen LogP contribution in [0.1, 0.15) is 6.92 Å². The van der Waals surface area contributed by atoms with Crippen molar-refractivity contribution in [1.29, 1.82) is 0 Å². The number of carboxylic acid groups (broad SMARTS) is 1. The number of halogens is 4. The van der Waals surface area contributed by atoms with Crippen LogP contribution in [0.2, 0.25) is 0 Å². The Morgan fingerprint density at radius 1 is 1.42 bits per heavy atom. The number of aliphatic carboxylic acids is 1. The molecule has 7 heteroatoms. The van der Waals surface area contributed by atoms with Crippen molar-refractivity contribution in [3.8, 4) is 0 Å². The third-order valence-corrected chi connectivity index (χ3v) is 2.65. The number of alkyl halides is 3. The third kappa shape index (κ3) is 4.11. The molecule has 1 unspecified atom stereocenters. The molecule has 1 aromatic carbocycles. The predicted molar refractivity (Wildman–Crippen MR) is 61.5 cm³/mol. The van der Waals surface area contributed by atoms with Crippen molar-refractivity contribution >= 4 is 11.7 Å². The molecule has 0 saturated heterocycles. The van der Waals surface area contributed by atoms with Crippen LogP contribution < -0.4 is 4.90 Å². The zero-order valence-corrected chi connectivity index (χ0v) is 10.1. The number of hydrogen-bond acceptors (Lipinski definition) is 2. The van der Waals surface area contributed by atoms with E-state index in [1.54, 1.807) is 6.92 Å². The van der Waals surface area contributed by atoms with Gasteiger partial charge >= 0.3 is 12.1 Å². The molecule has 1 atom stereocenters. The number of nitrogens with zero attached hydrogens (tertiary/aromatic N) is 1. The quantitative estimate of drug-likeness (QED) is 0.842. The lowest BCUT2D eigenvalue weighted by Crippen LogP contribution is -2.41. The standard InChI is InChI=1S/C12H13F4NO2/c1-2-17(9-5-3-4-8(13)6-9)7-10(11(18)19)12(14,15)16/h3-6,10H,2,7H2,1H3,(H,18,19). The summed E-state index contributed by atoms with van der Waals surface area (Å²) in [6.07, 6.45) is -4.84. The number of benzene rings is 1.